The van der Waals surface area contributed by atoms with Crippen LogP contribution in [0.2, 0.25) is 0 Å². The van der Waals surface area contributed by atoms with Gasteiger partial charge in [-0.25, -0.2) is 0 Å². The molecule has 0 aromatic carbocycles. The van der Waals surface area contributed by atoms with Gasteiger partial charge in [0.15, 0.2) is 0 Å². The van der Waals surface area contributed by atoms with Crippen LogP contribution in [0.1, 0.15) is 6.92 Å². The van der Waals surface area contributed by atoms with Crippen molar-refractivity contribution in [2.45, 2.75) is 49.5 Å². The van der Waals surface area contributed by atoms with E-state index in [1.165, 1.54) is 0 Å². The van der Waals surface area contributed by atoms with Crippen LogP contribution in [0.5, 0.6) is 0 Å². The van der Waals surface area contributed by atoms with E-state index in [4.69, 9.17) is 5.11 Å². The van der Waals surface area contributed by atoms with Crippen molar-refractivity contribution in [2.24, 2.45) is 5.92 Å². The summed E-state index contributed by atoms with van der Waals surface area (Å²) in [5.41, 5.74) is 0. The van der Waals surface area contributed by atoms with Gasteiger partial charge in [-0.2, -0.15) is 0 Å². The Balaban J connectivity index is 2.89. The Labute approximate surface area is 151 Å². The van der Waals surface area contributed by atoms with E-state index in [-0.39, 0.29) is 13.1 Å². The Hall–Kier alpha value is -1.18. The number of aliphatic hydroxyl groups is 3. The first-order chi connectivity index (χ1) is 12.2. The molecule has 0 radical (unpaired) electrons. The highest BCUT2D eigenvalue weighted by molar-refractivity contribution is 5.66. The summed E-state index contributed by atoms with van der Waals surface area (Å²) in [4.78, 5) is 21.2. The first-order valence-corrected chi connectivity index (χ1v) is 8.36. The number of carboxylic acid groups (broad SMARTS) is 1. The van der Waals surface area contributed by atoms with Crippen molar-refractivity contribution in [3.63, 3.8) is 0 Å². The predicted molar refractivity (Wildman–Crippen MR) is 82.3 cm³/mol. The van der Waals surface area contributed by atoms with Gasteiger partial charge in [-0.05, 0) is 18.0 Å². The maximum Gasteiger partial charge on any atom is 0.133 e. The smallest absolute Gasteiger partial charge is 0.133 e. The lowest BCUT2D eigenvalue weighted by Gasteiger charge is -2.58. The van der Waals surface area contributed by atoms with Gasteiger partial charge < -0.3 is 56.2 Å². The summed E-state index contributed by atoms with van der Waals surface area (Å²) in [5, 5.41) is 71.8. The summed E-state index contributed by atoms with van der Waals surface area (Å²) in [7, 11) is 0. The first kappa shape index (κ1) is 22.9. The summed E-state index contributed by atoms with van der Waals surface area (Å²) in [5.74, 6) is -2.01. The maximum absolute atomic E-state index is 12.7. The quantitative estimate of drug-likeness (QED) is 0.187. The number of carboxylic acids is 1. The van der Waals surface area contributed by atoms with E-state index in [0.717, 1.165) is 0 Å². The molecule has 1 saturated carbocycles. The van der Waals surface area contributed by atoms with Crippen molar-refractivity contribution in [3.8, 4) is 0 Å². The average Bonchev–Trinajstić information content (AvgIpc) is 2.60. The van der Waals surface area contributed by atoms with Gasteiger partial charge in [-0.3, -0.25) is 0 Å². The summed E-state index contributed by atoms with van der Waals surface area (Å²) in [6, 6.07) is -2.92. The molecule has 8 atom stereocenters. The molecule has 152 valence electrons. The number of carbonyl (C=O) groups is 2. The Morgan fingerprint density at radius 2 is 1.65 bits per heavy atom. The van der Waals surface area contributed by atoms with Crippen molar-refractivity contribution in [2.75, 3.05) is 26.2 Å². The predicted octanol–water partition coefficient (Wildman–Crippen LogP) is -7.37. The van der Waals surface area contributed by atoms with Crippen LogP contribution in [-0.4, -0.2) is 96.4 Å². The van der Waals surface area contributed by atoms with Gasteiger partial charge in [0.05, 0.1) is 25.2 Å². The standard InChI is InChI=1S/C15H27N3O8/c1-7-11(16-2-3-19)14(25)13(18-5-10(23)24)15(26)12(7)17-4-8(21)9(22)6-20/h3,7-9,11-18,20-22H,2,4-6H2,1H3,(H,23,24)/q-2/p-1/t7-,8-,9+,11+,12-,13+,14+,15-/m0/s1. The molecule has 0 unspecified atom stereocenters. The zero-order valence-electron chi connectivity index (χ0n) is 14.4. The number of carbonyl (C=O) groups excluding carboxylic acids is 2. The number of aliphatic carboxylic acids is 1. The third kappa shape index (κ3) is 5.93. The van der Waals surface area contributed by atoms with Crippen LogP contribution < -0.4 is 31.3 Å². The highest BCUT2D eigenvalue weighted by Gasteiger charge is 2.39. The lowest BCUT2D eigenvalue weighted by Crippen LogP contribution is -2.77. The summed E-state index contributed by atoms with van der Waals surface area (Å²) in [6.07, 6.45) is -5.21. The molecule has 6 N–H and O–H groups in total. The van der Waals surface area contributed by atoms with E-state index >= 15 is 0 Å². The van der Waals surface area contributed by atoms with Crippen LogP contribution in [0.25, 0.3) is 0 Å². The van der Waals surface area contributed by atoms with E-state index in [1.54, 1.807) is 6.92 Å². The fourth-order valence-corrected chi connectivity index (χ4v) is 3.19. The second-order valence-corrected chi connectivity index (χ2v) is 6.42. The van der Waals surface area contributed by atoms with Crippen molar-refractivity contribution in [1.29, 1.82) is 0 Å². The van der Waals surface area contributed by atoms with E-state index < -0.39 is 67.6 Å². The molecule has 0 spiro atoms. The van der Waals surface area contributed by atoms with Crippen LogP contribution in [0.3, 0.4) is 0 Å². The molecule has 0 saturated heterocycles. The van der Waals surface area contributed by atoms with Gasteiger partial charge in [0.2, 0.25) is 0 Å². The van der Waals surface area contributed by atoms with Crippen molar-refractivity contribution < 1.29 is 40.2 Å². The summed E-state index contributed by atoms with van der Waals surface area (Å²) < 4.78 is 0. The van der Waals surface area contributed by atoms with Gasteiger partial charge >= 0.3 is 0 Å². The van der Waals surface area contributed by atoms with E-state index in [2.05, 4.69) is 16.0 Å². The van der Waals surface area contributed by atoms with Gasteiger partial charge in [0.1, 0.15) is 12.4 Å². The van der Waals surface area contributed by atoms with Crippen LogP contribution in [0, 0.1) is 5.92 Å². The zero-order chi connectivity index (χ0) is 19.9. The van der Waals surface area contributed by atoms with Gasteiger partial charge in [-0.1, -0.05) is 19.1 Å². The lowest BCUT2D eigenvalue weighted by atomic mass is 9.74. The summed E-state index contributed by atoms with van der Waals surface area (Å²) in [6.45, 7) is -0.0310. The molecule has 0 aliphatic heterocycles. The number of hydrogen-bond acceptors (Lipinski definition) is 11. The maximum atomic E-state index is 12.7. The lowest BCUT2D eigenvalue weighted by molar-refractivity contribution is -0.495. The minimum absolute atomic E-state index is 0.108. The summed E-state index contributed by atoms with van der Waals surface area (Å²) >= 11 is 0. The molecular weight excluding hydrogens is 350 g/mol. The number of aliphatic hydroxyl groups excluding tert-OH is 3. The SMILES string of the molecule is C[C@H]1[C@@H](NCC=O)[C@@H]([O-])[C@@H](NCC(=O)[O-])[C@@H]([O-])[C@H]1NC[C@H](O)[C@H](O)CO. The van der Waals surface area contributed by atoms with Crippen LogP contribution >= 0.6 is 0 Å². The molecular formula is C15H26N3O8-3. The molecule has 1 aliphatic rings. The molecule has 1 fully saturated rings. The molecule has 0 aromatic rings. The van der Waals surface area contributed by atoms with Crippen LogP contribution in [0.4, 0.5) is 0 Å². The largest absolute Gasteiger partial charge is 0.850 e. The molecule has 0 bridgehead atoms. The normalized spacial score (nSPS) is 34.2. The molecule has 11 heteroatoms. The Morgan fingerprint density at radius 3 is 2.15 bits per heavy atom. The second kappa shape index (κ2) is 10.8. The third-order valence-corrected chi connectivity index (χ3v) is 4.66. The second-order valence-electron chi connectivity index (χ2n) is 6.42. The van der Waals surface area contributed by atoms with Gasteiger partial charge in [0.25, 0.3) is 0 Å². The van der Waals surface area contributed by atoms with E-state index in [0.29, 0.717) is 6.29 Å². The molecule has 0 aromatic heterocycles. The number of hydrogen-bond donors (Lipinski definition) is 6. The van der Waals surface area contributed by atoms with Crippen molar-refractivity contribution in [1.82, 2.24) is 16.0 Å². The molecule has 1 aliphatic carbocycles. The Bertz CT molecular complexity index is 455. The van der Waals surface area contributed by atoms with E-state index in [9.17, 15) is 35.1 Å². The monoisotopic (exact) mass is 376 g/mol. The molecule has 0 amide bonds. The Kier molecular flexibility index (Phi) is 9.54. The van der Waals surface area contributed by atoms with Crippen molar-refractivity contribution >= 4 is 12.3 Å². The van der Waals surface area contributed by atoms with Gasteiger partial charge in [-0.15, -0.1) is 0 Å². The number of rotatable bonds is 11. The van der Waals surface area contributed by atoms with E-state index in [1.807, 2.05) is 0 Å². The van der Waals surface area contributed by atoms with Crippen LogP contribution in [-0.2, 0) is 9.59 Å². The minimum atomic E-state index is -1.54. The fraction of sp³-hybridized carbons (Fsp3) is 0.867. The molecule has 1 rings (SSSR count). The van der Waals surface area contributed by atoms with Crippen molar-refractivity contribution in [3.05, 3.63) is 0 Å². The molecule has 26 heavy (non-hydrogen) atoms. The minimum Gasteiger partial charge on any atom is -0.850 e. The average molecular weight is 376 g/mol. The van der Waals surface area contributed by atoms with Crippen LogP contribution in [0.15, 0.2) is 0 Å². The zero-order valence-corrected chi connectivity index (χ0v) is 14.4. The third-order valence-electron chi connectivity index (χ3n) is 4.66. The molecule has 0 heterocycles. The highest BCUT2D eigenvalue weighted by Crippen LogP contribution is 2.24. The number of nitrogens with one attached hydrogen (secondary N) is 3. The number of aldehydes is 1. The first-order valence-electron chi connectivity index (χ1n) is 8.36. The van der Waals surface area contributed by atoms with Gasteiger partial charge in [0, 0.05) is 19.1 Å². The Morgan fingerprint density at radius 1 is 1.08 bits per heavy atom. The molecule has 11 nitrogen and oxygen atoms in total. The highest BCUT2D eigenvalue weighted by atomic mass is 16.4. The fourth-order valence-electron chi connectivity index (χ4n) is 3.19. The topological polar surface area (TPSA) is 200 Å².